The number of hydrogen-bond acceptors (Lipinski definition) is 6. The average Bonchev–Trinajstić information content (AvgIpc) is 2.85. The maximum atomic E-state index is 13.7. The quantitative estimate of drug-likeness (QED) is 0.357. The molecule has 0 saturated carbocycles. The van der Waals surface area contributed by atoms with Crippen LogP contribution in [0.4, 0.5) is 18.9 Å². The van der Waals surface area contributed by atoms with Gasteiger partial charge in [-0.15, -0.1) is 11.8 Å². The highest BCUT2D eigenvalue weighted by Crippen LogP contribution is 2.39. The highest BCUT2D eigenvalue weighted by Gasteiger charge is 2.33. The van der Waals surface area contributed by atoms with E-state index in [1.54, 1.807) is 31.2 Å². The Kier molecular flexibility index (Phi) is 8.35. The molecule has 37 heavy (non-hydrogen) atoms. The zero-order valence-corrected chi connectivity index (χ0v) is 21.3. The number of methoxy groups -OCH3 is 1. The lowest BCUT2D eigenvalue weighted by Gasteiger charge is -2.24. The zero-order chi connectivity index (χ0) is 27.5. The van der Waals surface area contributed by atoms with Crippen LogP contribution < -0.4 is 9.64 Å². The van der Waals surface area contributed by atoms with Crippen molar-refractivity contribution in [3.05, 3.63) is 70.0 Å². The first kappa shape index (κ1) is 27.8. The lowest BCUT2D eigenvalue weighted by molar-refractivity contribution is -0.141. The van der Waals surface area contributed by atoms with E-state index >= 15 is 0 Å². The van der Waals surface area contributed by atoms with E-state index in [-0.39, 0.29) is 37.9 Å². The van der Waals surface area contributed by atoms with Crippen LogP contribution in [-0.4, -0.2) is 41.9 Å². The lowest BCUT2D eigenvalue weighted by atomic mass is 9.99. The Labute approximate surface area is 219 Å². The zero-order valence-electron chi connectivity index (χ0n) is 19.7. The summed E-state index contributed by atoms with van der Waals surface area (Å²) in [6.07, 6.45) is -3.89. The molecule has 7 nitrogen and oxygen atoms in total. The minimum absolute atomic E-state index is 0.00128. The maximum absolute atomic E-state index is 13.7. The van der Waals surface area contributed by atoms with Crippen LogP contribution in [0.5, 0.6) is 5.75 Å². The van der Waals surface area contributed by atoms with E-state index in [1.807, 2.05) is 0 Å². The number of amides is 1. The fourth-order valence-electron chi connectivity index (χ4n) is 3.61. The van der Waals surface area contributed by atoms with Crippen molar-refractivity contribution in [3.63, 3.8) is 0 Å². The topological polar surface area (TPSA) is 104 Å². The first-order valence-corrected chi connectivity index (χ1v) is 11.8. The molecule has 3 rings (SSSR count). The molecule has 1 N–H and O–H groups in total. The number of aryl methyl sites for hydroxylation is 1. The number of alkyl halides is 3. The van der Waals surface area contributed by atoms with Gasteiger partial charge in [0, 0.05) is 34.3 Å². The van der Waals surface area contributed by atoms with Gasteiger partial charge in [-0.25, -0.2) is 0 Å². The smallest absolute Gasteiger partial charge is 0.433 e. The molecular formula is C25H19ClF3N3O4S. The van der Waals surface area contributed by atoms with Crippen LogP contribution in [0.15, 0.2) is 47.5 Å². The first-order chi connectivity index (χ1) is 17.4. The van der Waals surface area contributed by atoms with Crippen LogP contribution >= 0.6 is 23.4 Å². The molecule has 0 aliphatic rings. The largest absolute Gasteiger partial charge is 0.495 e. The Balaban J connectivity index is 2.21. The molecule has 0 bridgehead atoms. The van der Waals surface area contributed by atoms with E-state index in [0.29, 0.717) is 17.5 Å². The van der Waals surface area contributed by atoms with E-state index in [2.05, 4.69) is 4.98 Å². The van der Waals surface area contributed by atoms with Gasteiger partial charge in [-0.05, 0) is 36.8 Å². The highest BCUT2D eigenvalue weighted by atomic mass is 35.5. The highest BCUT2D eigenvalue weighted by molar-refractivity contribution is 8.00. The monoisotopic (exact) mass is 549 g/mol. The van der Waals surface area contributed by atoms with Crippen molar-refractivity contribution in [1.29, 1.82) is 5.26 Å². The molecule has 0 fully saturated rings. The standard InChI is InChI=1S/C25H19ClF3N3O4S/c1-13-5-4-6-19(36-3)23(13)32(2)24(35)16-8-15(18(26)9-20(16)37-12-22(33)34)17-11-31-21(25(27,28)29)7-14(17)10-30/h4-9,11H,12H2,1-3H3,(H,33,34). The van der Waals surface area contributed by atoms with Gasteiger partial charge in [0.2, 0.25) is 0 Å². The van der Waals surface area contributed by atoms with Crippen LogP contribution in [-0.2, 0) is 11.0 Å². The minimum Gasteiger partial charge on any atom is -0.495 e. The number of para-hydroxylation sites is 1. The van der Waals surface area contributed by atoms with E-state index < -0.39 is 23.7 Å². The number of benzene rings is 2. The molecule has 0 radical (unpaired) electrons. The molecule has 1 heterocycles. The predicted octanol–water partition coefficient (Wildman–Crippen LogP) is 6.06. The summed E-state index contributed by atoms with van der Waals surface area (Å²) in [5, 5.41) is 18.7. The second-order valence-corrected chi connectivity index (χ2v) is 9.15. The fourth-order valence-corrected chi connectivity index (χ4v) is 4.73. The molecule has 3 aromatic rings. The number of nitrogens with zero attached hydrogens (tertiary/aromatic N) is 3. The molecule has 0 saturated heterocycles. The summed E-state index contributed by atoms with van der Waals surface area (Å²) in [5.74, 6) is -1.64. The predicted molar refractivity (Wildman–Crippen MR) is 133 cm³/mol. The van der Waals surface area contributed by atoms with E-state index in [9.17, 15) is 28.0 Å². The number of nitriles is 1. The van der Waals surface area contributed by atoms with Crippen molar-refractivity contribution in [2.45, 2.75) is 18.0 Å². The van der Waals surface area contributed by atoms with Gasteiger partial charge in [-0.2, -0.15) is 18.4 Å². The van der Waals surface area contributed by atoms with Gasteiger partial charge >= 0.3 is 12.1 Å². The van der Waals surface area contributed by atoms with Gasteiger partial charge in [0.05, 0.1) is 35.7 Å². The van der Waals surface area contributed by atoms with Crippen LogP contribution in [0, 0.1) is 18.3 Å². The molecule has 0 aliphatic heterocycles. The normalized spacial score (nSPS) is 11.1. The number of carbonyl (C=O) groups is 2. The molecule has 2 aromatic carbocycles. The van der Waals surface area contributed by atoms with Crippen molar-refractivity contribution in [2.75, 3.05) is 24.8 Å². The molecule has 0 aliphatic carbocycles. The third kappa shape index (κ3) is 5.98. The third-order valence-corrected chi connectivity index (χ3v) is 6.67. The van der Waals surface area contributed by atoms with E-state index in [4.69, 9.17) is 21.4 Å². The number of aromatic nitrogens is 1. The number of pyridine rings is 1. The number of carboxylic acid groups (broad SMARTS) is 1. The molecule has 1 aromatic heterocycles. The van der Waals surface area contributed by atoms with Crippen LogP contribution in [0.1, 0.15) is 27.2 Å². The summed E-state index contributed by atoms with van der Waals surface area (Å²) >= 11 is 7.27. The fraction of sp³-hybridized carbons (Fsp3) is 0.200. The van der Waals surface area contributed by atoms with Gasteiger partial charge in [0.15, 0.2) is 0 Å². The van der Waals surface area contributed by atoms with Crippen LogP contribution in [0.25, 0.3) is 11.1 Å². The minimum atomic E-state index is -4.76. The molecule has 1 amide bonds. The Hall–Kier alpha value is -3.75. The van der Waals surface area contributed by atoms with Crippen molar-refractivity contribution in [3.8, 4) is 22.9 Å². The summed E-state index contributed by atoms with van der Waals surface area (Å²) in [4.78, 5) is 29.9. The molecular weight excluding hydrogens is 531 g/mol. The Morgan fingerprint density at radius 1 is 1.24 bits per heavy atom. The van der Waals surface area contributed by atoms with Gasteiger partial charge in [0.1, 0.15) is 11.4 Å². The summed E-state index contributed by atoms with van der Waals surface area (Å²) < 4.78 is 44.8. The SMILES string of the molecule is COc1cccc(C)c1N(C)C(=O)c1cc(-c2cnc(C(F)(F)F)cc2C#N)c(Cl)cc1SCC(=O)O. The Morgan fingerprint density at radius 3 is 2.54 bits per heavy atom. The number of halogens is 4. The average molecular weight is 550 g/mol. The molecule has 192 valence electrons. The first-order valence-electron chi connectivity index (χ1n) is 10.5. The summed E-state index contributed by atoms with van der Waals surface area (Å²) in [6.45, 7) is 1.78. The number of aliphatic carboxylic acids is 1. The van der Waals surface area contributed by atoms with Crippen molar-refractivity contribution in [1.82, 2.24) is 4.98 Å². The third-order valence-electron chi connectivity index (χ3n) is 5.32. The van der Waals surface area contributed by atoms with Gasteiger partial charge < -0.3 is 14.7 Å². The number of anilines is 1. The summed E-state index contributed by atoms with van der Waals surface area (Å²) in [5.41, 5.74) is -0.296. The molecule has 0 spiro atoms. The summed E-state index contributed by atoms with van der Waals surface area (Å²) in [7, 11) is 2.96. The summed E-state index contributed by atoms with van der Waals surface area (Å²) in [6, 6.07) is 10.2. The number of ether oxygens (including phenoxy) is 1. The van der Waals surface area contributed by atoms with Crippen LogP contribution in [0.3, 0.4) is 0 Å². The number of carboxylic acids is 1. The lowest BCUT2D eigenvalue weighted by Crippen LogP contribution is -2.28. The maximum Gasteiger partial charge on any atom is 0.433 e. The number of hydrogen-bond donors (Lipinski definition) is 1. The Bertz CT molecular complexity index is 1420. The second kappa shape index (κ2) is 11.1. The van der Waals surface area contributed by atoms with E-state index in [1.165, 1.54) is 31.2 Å². The van der Waals surface area contributed by atoms with Crippen LogP contribution in [0.2, 0.25) is 5.02 Å². The molecule has 12 heteroatoms. The van der Waals surface area contributed by atoms with Gasteiger partial charge in [-0.3, -0.25) is 14.6 Å². The number of thioether (sulfide) groups is 1. The number of rotatable bonds is 7. The molecule has 0 unspecified atom stereocenters. The van der Waals surface area contributed by atoms with Gasteiger partial charge in [-0.1, -0.05) is 23.7 Å². The van der Waals surface area contributed by atoms with Gasteiger partial charge in [0.25, 0.3) is 5.91 Å². The van der Waals surface area contributed by atoms with Crippen molar-refractivity contribution >= 4 is 40.9 Å². The van der Waals surface area contributed by atoms with Crippen molar-refractivity contribution in [2.24, 2.45) is 0 Å². The molecule has 0 atom stereocenters. The number of carbonyl (C=O) groups excluding carboxylic acids is 1. The van der Waals surface area contributed by atoms with Crippen molar-refractivity contribution < 1.29 is 32.6 Å². The van der Waals surface area contributed by atoms with E-state index in [0.717, 1.165) is 23.5 Å². The Morgan fingerprint density at radius 2 is 1.95 bits per heavy atom. The second-order valence-electron chi connectivity index (χ2n) is 7.73.